The Morgan fingerprint density at radius 2 is 1.81 bits per heavy atom. The summed E-state index contributed by atoms with van der Waals surface area (Å²) in [6, 6.07) is 3.52. The lowest BCUT2D eigenvalue weighted by Crippen LogP contribution is -2.53. The number of unbranched alkanes of at least 4 members (excludes halogenated alkanes) is 3. The molecule has 0 bridgehead atoms. The number of benzene rings is 1. The van der Waals surface area contributed by atoms with Crippen LogP contribution in [0.1, 0.15) is 146 Å². The van der Waals surface area contributed by atoms with Crippen LogP contribution >= 0.6 is 11.3 Å². The van der Waals surface area contributed by atoms with Crippen molar-refractivity contribution in [3.8, 4) is 22.2 Å². The molecule has 67 heavy (non-hydrogen) atoms. The number of thiazole rings is 1. The zero-order chi connectivity index (χ0) is 48.2. The van der Waals surface area contributed by atoms with Crippen molar-refractivity contribution in [2.75, 3.05) is 13.7 Å². The number of nitrogens with two attached hydrogens (primary N) is 1. The van der Waals surface area contributed by atoms with Crippen LogP contribution in [0, 0.1) is 18.8 Å². The maximum Gasteiger partial charge on any atom is 0.291 e. The second kappa shape index (κ2) is 20.8. The number of carbonyl (C=O) groups excluding carboxylic acids is 4. The Hall–Kier alpha value is -5.43. The van der Waals surface area contributed by atoms with Gasteiger partial charge in [-0.2, -0.15) is 0 Å². The first-order valence-electron chi connectivity index (χ1n) is 23.5. The maximum absolute atomic E-state index is 14.6. The van der Waals surface area contributed by atoms with Crippen molar-refractivity contribution < 1.29 is 37.1 Å². The van der Waals surface area contributed by atoms with Crippen LogP contribution in [-0.2, 0) is 24.4 Å². The first-order valence-corrected chi connectivity index (χ1v) is 25.9. The molecule has 5 atom stereocenters. The molecule has 362 valence electrons. The highest BCUT2D eigenvalue weighted by molar-refractivity contribution is 7.91. The summed E-state index contributed by atoms with van der Waals surface area (Å²) in [7, 11) is -2.10. The van der Waals surface area contributed by atoms with E-state index in [0.29, 0.717) is 48.4 Å². The Morgan fingerprint density at radius 3 is 2.48 bits per heavy atom. The Bertz CT molecular complexity index is 2600. The minimum atomic E-state index is -3.71. The van der Waals surface area contributed by atoms with Gasteiger partial charge in [-0.3, -0.25) is 23.9 Å². The zero-order valence-electron chi connectivity index (χ0n) is 39.6. The number of carbonyl (C=O) groups is 4. The number of methoxy groups -OCH3 is 1. The number of hydrogen-bond acceptors (Lipinski definition) is 13. The summed E-state index contributed by atoms with van der Waals surface area (Å²) in [4.78, 5) is 69.9. The molecule has 1 aromatic carbocycles. The lowest BCUT2D eigenvalue weighted by molar-refractivity contribution is -0.139. The van der Waals surface area contributed by atoms with Crippen LogP contribution < -0.4 is 25.2 Å². The van der Waals surface area contributed by atoms with Gasteiger partial charge in [0, 0.05) is 40.8 Å². The summed E-state index contributed by atoms with van der Waals surface area (Å²) in [6.07, 6.45) is 12.6. The molecule has 1 aliphatic heterocycles. The van der Waals surface area contributed by atoms with Gasteiger partial charge < -0.3 is 25.4 Å². The topological polar surface area (TPSA) is 231 Å². The lowest BCUT2D eigenvalue weighted by Gasteiger charge is -2.29. The van der Waals surface area contributed by atoms with E-state index in [-0.39, 0.29) is 43.1 Å². The molecule has 0 spiro atoms. The number of nitrogens with one attached hydrogen (secondary N) is 2. The van der Waals surface area contributed by atoms with Crippen molar-refractivity contribution in [1.29, 1.82) is 0 Å². The van der Waals surface area contributed by atoms with E-state index in [4.69, 9.17) is 25.2 Å². The Morgan fingerprint density at radius 1 is 1.04 bits per heavy atom. The lowest BCUT2D eigenvalue weighted by atomic mass is 9.78. The van der Waals surface area contributed by atoms with Crippen LogP contribution in [0.5, 0.6) is 11.5 Å². The molecule has 4 heterocycles. The number of hydrogen-bond donors (Lipinski definition) is 3. The number of amides is 4. The average molecular weight is 960 g/mol. The summed E-state index contributed by atoms with van der Waals surface area (Å²) < 4.78 is 41.0. The number of allylic oxidation sites excluding steroid dienone is 2. The zero-order valence-corrected chi connectivity index (χ0v) is 41.3. The van der Waals surface area contributed by atoms with Gasteiger partial charge in [-0.25, -0.2) is 28.1 Å². The van der Waals surface area contributed by atoms with Gasteiger partial charge in [0.1, 0.15) is 46.7 Å². The van der Waals surface area contributed by atoms with Gasteiger partial charge in [0.2, 0.25) is 33.6 Å². The molecule has 2 aliphatic carbocycles. The number of nitrogens with zero attached hydrogens (tertiary/aromatic N) is 6. The first-order chi connectivity index (χ1) is 31.9. The first kappa shape index (κ1) is 49.5. The largest absolute Gasteiger partial charge is 0.496 e. The van der Waals surface area contributed by atoms with E-state index in [1.807, 2.05) is 44.4 Å². The molecule has 17 nitrogen and oxygen atoms in total. The highest BCUT2D eigenvalue weighted by atomic mass is 32.2. The summed E-state index contributed by atoms with van der Waals surface area (Å²) in [6.45, 7) is 11.6. The van der Waals surface area contributed by atoms with E-state index in [1.165, 1.54) is 22.6 Å². The monoisotopic (exact) mass is 959 g/mol. The summed E-state index contributed by atoms with van der Waals surface area (Å²) in [5.74, 6) is -1.28. The minimum Gasteiger partial charge on any atom is -0.496 e. The van der Waals surface area contributed by atoms with E-state index in [2.05, 4.69) is 46.1 Å². The predicted octanol–water partition coefficient (Wildman–Crippen LogP) is 6.91. The van der Waals surface area contributed by atoms with Crippen molar-refractivity contribution in [3.63, 3.8) is 0 Å². The number of pyridine rings is 1. The van der Waals surface area contributed by atoms with Gasteiger partial charge in [-0.1, -0.05) is 51.7 Å². The standard InChI is InChI=1S/C48H65N9O8S2/c1-28(2)37-26-66-46(53-37)36-24-40(34-19-20-39(64-7)30(5)41(34)51-36)65-32-23-38(42(49)58)56(25-32)47(61)35(52-45(60)43-50-27-57(54-43)29(3)4)18-12-10-8-9-11-15-31-16-13-14-17-33(31)44(59)55-67(62,63)48(6)21-22-48/h11,15,19-20,24,26-29,31-33,35,38H,8-10,12-14,16-18,21-23,25H2,1-7H3,(H2,49,58)(H,52,60)(H,55,59)/b15-11-/t31-,32-,33?,35+,38+/m1/s1. The molecule has 4 aromatic rings. The van der Waals surface area contributed by atoms with E-state index in [9.17, 15) is 27.6 Å². The van der Waals surface area contributed by atoms with Gasteiger partial charge in [-0.05, 0) is 96.6 Å². The minimum absolute atomic E-state index is 0.0368. The third-order valence-electron chi connectivity index (χ3n) is 13.5. The summed E-state index contributed by atoms with van der Waals surface area (Å²) in [5.41, 5.74) is 9.06. The van der Waals surface area contributed by atoms with Gasteiger partial charge in [-0.15, -0.1) is 16.4 Å². The number of rotatable bonds is 20. The average Bonchev–Trinajstić information content (AvgIpc) is 3.68. The molecular formula is C48H65N9O8S2. The number of ether oxygens (including phenoxy) is 2. The molecular weight excluding hydrogens is 895 g/mol. The van der Waals surface area contributed by atoms with Crippen molar-refractivity contribution >= 4 is 55.9 Å². The van der Waals surface area contributed by atoms with Crippen LogP contribution in [0.15, 0.2) is 42.1 Å². The molecule has 3 aromatic heterocycles. The number of primary amides is 1. The smallest absolute Gasteiger partial charge is 0.291 e. The number of fused-ring (bicyclic) bond motifs is 1. The molecule has 4 amide bonds. The summed E-state index contributed by atoms with van der Waals surface area (Å²) in [5, 5.41) is 10.7. The number of aromatic nitrogens is 5. The van der Waals surface area contributed by atoms with Gasteiger partial charge in [0.15, 0.2) is 0 Å². The number of likely N-dealkylation sites (tertiary alicyclic amines) is 1. The van der Waals surface area contributed by atoms with Crippen LogP contribution in [-0.4, -0.2) is 98.3 Å². The van der Waals surface area contributed by atoms with Gasteiger partial charge in [0.05, 0.1) is 29.6 Å². The van der Waals surface area contributed by atoms with E-state index in [0.717, 1.165) is 60.2 Å². The molecule has 2 saturated carbocycles. The van der Waals surface area contributed by atoms with Crippen LogP contribution in [0.2, 0.25) is 0 Å². The van der Waals surface area contributed by atoms with E-state index in [1.54, 1.807) is 18.7 Å². The molecule has 19 heteroatoms. The maximum atomic E-state index is 14.6. The quantitative estimate of drug-likeness (QED) is 0.0606. The predicted molar refractivity (Wildman–Crippen MR) is 256 cm³/mol. The van der Waals surface area contributed by atoms with E-state index >= 15 is 0 Å². The molecule has 1 unspecified atom stereocenters. The highest BCUT2D eigenvalue weighted by Gasteiger charge is 2.51. The fourth-order valence-electron chi connectivity index (χ4n) is 8.91. The Labute approximate surface area is 397 Å². The highest BCUT2D eigenvalue weighted by Crippen LogP contribution is 2.43. The van der Waals surface area contributed by atoms with Crippen molar-refractivity contribution in [3.05, 3.63) is 59.1 Å². The number of aryl methyl sites for hydroxylation is 1. The second-order valence-corrected chi connectivity index (χ2v) is 22.2. The fourth-order valence-corrected chi connectivity index (χ4v) is 11.2. The number of sulfonamides is 1. The molecule has 3 fully saturated rings. The Balaban J connectivity index is 1.04. The fraction of sp³-hybridized carbons (Fsp3) is 0.583. The second-order valence-electron chi connectivity index (χ2n) is 19.1. The molecule has 0 radical (unpaired) electrons. The third-order valence-corrected chi connectivity index (χ3v) is 16.5. The Kier molecular flexibility index (Phi) is 15.4. The SMILES string of the molecule is COc1ccc2c(O[C@@H]3C[C@@H](C(N)=O)N(C(=O)[C@H](CCCCC/C=C\[C@@H]4CCCCC4C(=O)NS(=O)(=O)C4(C)CC4)NC(=O)c4ncn(C(C)C)n4)C3)cc(-c3nc(C(C)C)cs3)nc2c1C. The van der Waals surface area contributed by atoms with Crippen molar-refractivity contribution in [1.82, 2.24) is 39.7 Å². The van der Waals surface area contributed by atoms with Crippen molar-refractivity contribution in [2.45, 2.75) is 153 Å². The molecule has 4 N–H and O–H groups in total. The van der Waals surface area contributed by atoms with E-state index < -0.39 is 62.5 Å². The summed E-state index contributed by atoms with van der Waals surface area (Å²) >= 11 is 1.49. The van der Waals surface area contributed by atoms with Crippen LogP contribution in [0.4, 0.5) is 0 Å². The van der Waals surface area contributed by atoms with Crippen LogP contribution in [0.25, 0.3) is 21.6 Å². The van der Waals surface area contributed by atoms with Crippen molar-refractivity contribution in [2.24, 2.45) is 17.6 Å². The van der Waals surface area contributed by atoms with Crippen LogP contribution in [0.3, 0.4) is 0 Å². The molecule has 7 rings (SSSR count). The van der Waals surface area contributed by atoms with Gasteiger partial charge >= 0.3 is 0 Å². The molecule has 1 saturated heterocycles. The third kappa shape index (κ3) is 11.3. The molecule has 3 aliphatic rings. The normalized spacial score (nSPS) is 20.9. The van der Waals surface area contributed by atoms with Gasteiger partial charge in [0.25, 0.3) is 5.91 Å².